The maximum Gasteiger partial charge on any atom is 0.178 e. The third kappa shape index (κ3) is 2.79. The van der Waals surface area contributed by atoms with Crippen molar-refractivity contribution in [2.24, 2.45) is 7.05 Å². The number of ketones is 1. The van der Waals surface area contributed by atoms with Gasteiger partial charge in [-0.15, -0.1) is 11.3 Å². The molecule has 2 aromatic heterocycles. The number of aryl methyl sites for hydroxylation is 4. The fourth-order valence-corrected chi connectivity index (χ4v) is 4.43. The standard InChI is InChI=1S/C16H19ClN2OS/c1-3-11-16(17)12(19(2)18-11)9-13(20)15-8-10-6-4-5-7-14(10)21-15/h8H,3-7,9H2,1-2H3. The highest BCUT2D eigenvalue weighted by atomic mass is 35.5. The summed E-state index contributed by atoms with van der Waals surface area (Å²) in [6.45, 7) is 2.02. The molecular weight excluding hydrogens is 304 g/mol. The fourth-order valence-electron chi connectivity index (χ4n) is 2.88. The summed E-state index contributed by atoms with van der Waals surface area (Å²) in [5.74, 6) is 0.155. The molecule has 0 saturated heterocycles. The molecule has 0 N–H and O–H groups in total. The lowest BCUT2D eigenvalue weighted by Crippen LogP contribution is -2.07. The summed E-state index contributed by atoms with van der Waals surface area (Å²) in [6.07, 6.45) is 5.85. The van der Waals surface area contributed by atoms with Crippen LogP contribution < -0.4 is 0 Å². The monoisotopic (exact) mass is 322 g/mol. The Bertz CT molecular complexity index is 663. The van der Waals surface area contributed by atoms with Gasteiger partial charge in [-0.05, 0) is 43.7 Å². The lowest BCUT2D eigenvalue weighted by atomic mass is 9.99. The third-order valence-corrected chi connectivity index (χ3v) is 5.82. The highest BCUT2D eigenvalue weighted by molar-refractivity contribution is 7.14. The number of Topliss-reactive ketones (excluding diaryl/α,β-unsaturated/α-hetero) is 1. The molecule has 1 aliphatic carbocycles. The van der Waals surface area contributed by atoms with Gasteiger partial charge >= 0.3 is 0 Å². The number of nitrogens with zero attached hydrogens (tertiary/aromatic N) is 2. The number of thiophene rings is 1. The highest BCUT2D eigenvalue weighted by Gasteiger charge is 2.21. The number of hydrogen-bond donors (Lipinski definition) is 0. The number of fused-ring (bicyclic) bond motifs is 1. The molecule has 112 valence electrons. The molecule has 2 heterocycles. The molecule has 0 radical (unpaired) electrons. The van der Waals surface area contributed by atoms with Crippen molar-refractivity contribution >= 4 is 28.7 Å². The first-order valence-corrected chi connectivity index (χ1v) is 8.64. The van der Waals surface area contributed by atoms with Gasteiger partial charge in [-0.2, -0.15) is 5.10 Å². The van der Waals surface area contributed by atoms with Gasteiger partial charge in [-0.3, -0.25) is 9.48 Å². The van der Waals surface area contributed by atoms with Crippen LogP contribution in [0.3, 0.4) is 0 Å². The van der Waals surface area contributed by atoms with Crippen LogP contribution in [0.2, 0.25) is 5.02 Å². The van der Waals surface area contributed by atoms with E-state index in [1.165, 1.54) is 23.3 Å². The van der Waals surface area contributed by atoms with Crippen LogP contribution in [-0.4, -0.2) is 15.6 Å². The second-order valence-corrected chi connectivity index (χ2v) is 7.07. The van der Waals surface area contributed by atoms with E-state index in [1.807, 2.05) is 14.0 Å². The molecule has 0 unspecified atom stereocenters. The molecule has 1 aliphatic rings. The second kappa shape index (κ2) is 5.93. The van der Waals surface area contributed by atoms with E-state index in [-0.39, 0.29) is 5.78 Å². The Labute approximate surface area is 133 Å². The predicted octanol–water partition coefficient (Wildman–Crippen LogP) is 4.00. The van der Waals surface area contributed by atoms with E-state index in [9.17, 15) is 4.79 Å². The molecule has 21 heavy (non-hydrogen) atoms. The lowest BCUT2D eigenvalue weighted by molar-refractivity contribution is 0.0994. The van der Waals surface area contributed by atoms with Crippen LogP contribution in [0.1, 0.15) is 51.3 Å². The van der Waals surface area contributed by atoms with E-state index < -0.39 is 0 Å². The Hall–Kier alpha value is -1.13. The van der Waals surface area contributed by atoms with Gasteiger partial charge in [0.25, 0.3) is 0 Å². The van der Waals surface area contributed by atoms with Gasteiger partial charge in [0.1, 0.15) is 0 Å². The minimum Gasteiger partial charge on any atom is -0.293 e. The van der Waals surface area contributed by atoms with E-state index in [0.717, 1.165) is 35.5 Å². The Balaban J connectivity index is 1.83. The van der Waals surface area contributed by atoms with Crippen molar-refractivity contribution in [1.82, 2.24) is 9.78 Å². The molecule has 0 saturated carbocycles. The predicted molar refractivity (Wildman–Crippen MR) is 86.6 cm³/mol. The van der Waals surface area contributed by atoms with E-state index >= 15 is 0 Å². The third-order valence-electron chi connectivity index (χ3n) is 4.10. The van der Waals surface area contributed by atoms with Crippen molar-refractivity contribution in [3.05, 3.63) is 37.8 Å². The van der Waals surface area contributed by atoms with E-state index in [0.29, 0.717) is 11.4 Å². The molecule has 0 aromatic carbocycles. The first kappa shape index (κ1) is 14.8. The van der Waals surface area contributed by atoms with Crippen LogP contribution in [0.5, 0.6) is 0 Å². The van der Waals surface area contributed by atoms with Gasteiger partial charge in [0.2, 0.25) is 0 Å². The first-order valence-electron chi connectivity index (χ1n) is 7.45. The minimum atomic E-state index is 0.155. The molecule has 3 rings (SSSR count). The van der Waals surface area contributed by atoms with Crippen LogP contribution in [0, 0.1) is 0 Å². The molecule has 3 nitrogen and oxygen atoms in total. The normalized spacial score (nSPS) is 14.2. The molecule has 0 atom stereocenters. The van der Waals surface area contributed by atoms with Crippen LogP contribution >= 0.6 is 22.9 Å². The Kier molecular flexibility index (Phi) is 4.18. The van der Waals surface area contributed by atoms with Gasteiger partial charge in [0.05, 0.1) is 27.7 Å². The second-order valence-electron chi connectivity index (χ2n) is 5.55. The highest BCUT2D eigenvalue weighted by Crippen LogP contribution is 2.31. The van der Waals surface area contributed by atoms with Gasteiger partial charge < -0.3 is 0 Å². The minimum absolute atomic E-state index is 0.155. The fraction of sp³-hybridized carbons (Fsp3) is 0.500. The lowest BCUT2D eigenvalue weighted by Gasteiger charge is -2.08. The van der Waals surface area contributed by atoms with Crippen LogP contribution in [0.4, 0.5) is 0 Å². The van der Waals surface area contributed by atoms with E-state index in [4.69, 9.17) is 11.6 Å². The van der Waals surface area contributed by atoms with E-state index in [2.05, 4.69) is 11.2 Å². The van der Waals surface area contributed by atoms with Crippen molar-refractivity contribution in [3.63, 3.8) is 0 Å². The van der Waals surface area contributed by atoms with Crippen molar-refractivity contribution in [3.8, 4) is 0 Å². The largest absolute Gasteiger partial charge is 0.293 e. The van der Waals surface area contributed by atoms with Crippen molar-refractivity contribution < 1.29 is 4.79 Å². The van der Waals surface area contributed by atoms with Crippen molar-refractivity contribution in [2.45, 2.75) is 45.4 Å². The first-order chi connectivity index (χ1) is 10.1. The average molecular weight is 323 g/mol. The summed E-state index contributed by atoms with van der Waals surface area (Å²) in [5.41, 5.74) is 3.07. The smallest absolute Gasteiger partial charge is 0.178 e. The molecule has 0 bridgehead atoms. The average Bonchev–Trinajstić information content (AvgIpc) is 3.03. The Morgan fingerprint density at radius 1 is 1.43 bits per heavy atom. The van der Waals surface area contributed by atoms with Gasteiger partial charge in [-0.25, -0.2) is 0 Å². The molecular formula is C16H19ClN2OS. The number of hydrogen-bond acceptors (Lipinski definition) is 3. The van der Waals surface area contributed by atoms with Crippen molar-refractivity contribution in [2.75, 3.05) is 0 Å². The summed E-state index contributed by atoms with van der Waals surface area (Å²) in [5, 5.41) is 5.02. The molecule has 0 aliphatic heterocycles. The number of halogens is 1. The number of rotatable bonds is 4. The summed E-state index contributed by atoms with van der Waals surface area (Å²) >= 11 is 7.99. The SMILES string of the molecule is CCc1nn(C)c(CC(=O)c2cc3c(s2)CCCC3)c1Cl. The molecule has 0 spiro atoms. The zero-order valence-corrected chi connectivity index (χ0v) is 14.0. The Morgan fingerprint density at radius 3 is 2.86 bits per heavy atom. The Morgan fingerprint density at radius 2 is 2.19 bits per heavy atom. The molecule has 2 aromatic rings. The quantitative estimate of drug-likeness (QED) is 0.797. The number of carbonyl (C=O) groups is 1. The topological polar surface area (TPSA) is 34.9 Å². The van der Waals surface area contributed by atoms with Gasteiger partial charge in [0, 0.05) is 11.9 Å². The van der Waals surface area contributed by atoms with Crippen LogP contribution in [0.15, 0.2) is 6.07 Å². The summed E-state index contributed by atoms with van der Waals surface area (Å²) in [4.78, 5) is 14.8. The van der Waals surface area contributed by atoms with Gasteiger partial charge in [-0.1, -0.05) is 18.5 Å². The zero-order chi connectivity index (χ0) is 15.0. The number of carbonyl (C=O) groups excluding carboxylic acids is 1. The summed E-state index contributed by atoms with van der Waals surface area (Å²) < 4.78 is 1.74. The zero-order valence-electron chi connectivity index (χ0n) is 12.4. The number of aromatic nitrogens is 2. The summed E-state index contributed by atoms with van der Waals surface area (Å²) in [6, 6.07) is 2.09. The summed E-state index contributed by atoms with van der Waals surface area (Å²) in [7, 11) is 1.85. The molecule has 0 amide bonds. The van der Waals surface area contributed by atoms with Gasteiger partial charge in [0.15, 0.2) is 5.78 Å². The molecule has 5 heteroatoms. The molecule has 0 fully saturated rings. The van der Waals surface area contributed by atoms with Crippen LogP contribution in [-0.2, 0) is 32.7 Å². The van der Waals surface area contributed by atoms with Crippen LogP contribution in [0.25, 0.3) is 0 Å². The van der Waals surface area contributed by atoms with Crippen molar-refractivity contribution in [1.29, 1.82) is 0 Å². The van der Waals surface area contributed by atoms with E-state index in [1.54, 1.807) is 16.0 Å². The maximum absolute atomic E-state index is 12.5. The maximum atomic E-state index is 12.5.